The number of hydrogen-bond donors (Lipinski definition) is 3. The van der Waals surface area contributed by atoms with Crippen LogP contribution in [0.5, 0.6) is 0 Å². The van der Waals surface area contributed by atoms with E-state index in [9.17, 15) is 22.3 Å². The summed E-state index contributed by atoms with van der Waals surface area (Å²) in [5, 5.41) is 2.86. The molecule has 0 aliphatic heterocycles. The van der Waals surface area contributed by atoms with Crippen LogP contribution in [0.25, 0.3) is 0 Å². The van der Waals surface area contributed by atoms with Gasteiger partial charge < -0.3 is 5.32 Å². The molecule has 0 radical (unpaired) electrons. The standard InChI is InChI=1S/C25H33NO5S2/c1-2-32(28,29)22-14-8-19(9-15-22)18-24(27)26-21-12-10-20(11-13-21)25(16-17-25)33(30,31)23-6-4-3-5-7-23/h8-15,23,30-31H,2-7,16-18H2,1H3,(H,26,27). The minimum Gasteiger partial charge on any atom is -0.326 e. The highest BCUT2D eigenvalue weighted by Gasteiger charge is 2.57. The van der Waals surface area contributed by atoms with Crippen molar-refractivity contribution < 1.29 is 22.3 Å². The lowest BCUT2D eigenvalue weighted by Crippen LogP contribution is -2.30. The molecule has 2 aromatic carbocycles. The minimum absolute atomic E-state index is 0.00756. The first-order valence-electron chi connectivity index (χ1n) is 11.7. The Morgan fingerprint density at radius 2 is 1.58 bits per heavy atom. The normalized spacial score (nSPS) is 19.1. The topological polar surface area (TPSA) is 104 Å². The molecule has 2 aliphatic carbocycles. The predicted octanol–water partition coefficient (Wildman–Crippen LogP) is 5.73. The molecule has 6 nitrogen and oxygen atoms in total. The van der Waals surface area contributed by atoms with Crippen molar-refractivity contribution in [2.45, 2.75) is 73.2 Å². The second-order valence-corrected chi connectivity index (χ2v) is 14.1. The molecule has 0 unspecified atom stereocenters. The van der Waals surface area contributed by atoms with Gasteiger partial charge in [0.15, 0.2) is 9.84 Å². The summed E-state index contributed by atoms with van der Waals surface area (Å²) in [6.07, 6.45) is 6.82. The maximum atomic E-state index is 12.5. The molecule has 2 saturated carbocycles. The Labute approximate surface area is 198 Å². The number of carbonyl (C=O) groups is 1. The molecule has 2 aromatic rings. The van der Waals surface area contributed by atoms with Crippen LogP contribution in [0.1, 0.15) is 63.0 Å². The van der Waals surface area contributed by atoms with Crippen LogP contribution in [-0.2, 0) is 25.8 Å². The minimum atomic E-state index is -3.26. The van der Waals surface area contributed by atoms with Crippen molar-refractivity contribution in [1.29, 1.82) is 0 Å². The van der Waals surface area contributed by atoms with Gasteiger partial charge in [-0.05, 0) is 61.1 Å². The van der Waals surface area contributed by atoms with E-state index < -0.39 is 25.2 Å². The van der Waals surface area contributed by atoms with E-state index in [0.29, 0.717) is 5.69 Å². The third-order valence-corrected chi connectivity index (χ3v) is 12.0. The number of benzene rings is 2. The summed E-state index contributed by atoms with van der Waals surface area (Å²) in [4.78, 5) is 12.7. The van der Waals surface area contributed by atoms with Gasteiger partial charge in [-0.3, -0.25) is 13.9 Å². The zero-order valence-electron chi connectivity index (χ0n) is 19.0. The molecule has 2 aliphatic rings. The number of amides is 1. The lowest BCUT2D eigenvalue weighted by Gasteiger charge is -2.48. The molecule has 180 valence electrons. The third kappa shape index (κ3) is 4.99. The fourth-order valence-corrected chi connectivity index (χ4v) is 8.52. The summed E-state index contributed by atoms with van der Waals surface area (Å²) >= 11 is 0. The first-order chi connectivity index (χ1) is 15.7. The molecule has 8 heteroatoms. The van der Waals surface area contributed by atoms with E-state index in [1.165, 1.54) is 18.6 Å². The summed E-state index contributed by atoms with van der Waals surface area (Å²) in [5.74, 6) is -0.151. The van der Waals surface area contributed by atoms with Crippen molar-refractivity contribution in [1.82, 2.24) is 0 Å². The first kappa shape index (κ1) is 24.3. The smallest absolute Gasteiger partial charge is 0.228 e. The van der Waals surface area contributed by atoms with Gasteiger partial charge in [-0.1, -0.05) is 50.5 Å². The highest BCUT2D eigenvalue weighted by Crippen LogP contribution is 2.75. The second-order valence-electron chi connectivity index (χ2n) is 9.20. The van der Waals surface area contributed by atoms with Gasteiger partial charge in [0.25, 0.3) is 0 Å². The quantitative estimate of drug-likeness (QED) is 0.437. The first-order valence-corrected chi connectivity index (χ1v) is 14.9. The molecular weight excluding hydrogens is 458 g/mol. The predicted molar refractivity (Wildman–Crippen MR) is 134 cm³/mol. The highest BCUT2D eigenvalue weighted by molar-refractivity contribution is 8.25. The molecule has 3 N–H and O–H groups in total. The van der Waals surface area contributed by atoms with Gasteiger partial charge >= 0.3 is 0 Å². The van der Waals surface area contributed by atoms with Crippen LogP contribution in [0.4, 0.5) is 5.69 Å². The zero-order chi connectivity index (χ0) is 23.7. The van der Waals surface area contributed by atoms with Crippen molar-refractivity contribution in [3.63, 3.8) is 0 Å². The molecule has 0 saturated heterocycles. The second kappa shape index (κ2) is 9.41. The van der Waals surface area contributed by atoms with E-state index in [0.717, 1.165) is 49.7 Å². The van der Waals surface area contributed by atoms with Crippen LogP contribution in [0.15, 0.2) is 53.4 Å². The summed E-state index contributed by atoms with van der Waals surface area (Å²) < 4.78 is 45.7. The van der Waals surface area contributed by atoms with Crippen molar-refractivity contribution in [3.05, 3.63) is 59.7 Å². The van der Waals surface area contributed by atoms with Crippen LogP contribution in [0.3, 0.4) is 0 Å². The number of anilines is 1. The van der Waals surface area contributed by atoms with E-state index in [-0.39, 0.29) is 28.2 Å². The van der Waals surface area contributed by atoms with Crippen molar-refractivity contribution in [2.75, 3.05) is 11.1 Å². The van der Waals surface area contributed by atoms with Crippen molar-refractivity contribution in [2.24, 2.45) is 0 Å². The average Bonchev–Trinajstić information content (AvgIpc) is 3.63. The van der Waals surface area contributed by atoms with Crippen molar-refractivity contribution >= 4 is 32.0 Å². The number of rotatable bonds is 8. The number of hydrogen-bond acceptors (Lipinski definition) is 5. The van der Waals surface area contributed by atoms with Gasteiger partial charge in [-0.15, -0.1) is 0 Å². The maximum absolute atomic E-state index is 12.5. The van der Waals surface area contributed by atoms with Gasteiger partial charge in [0.1, 0.15) is 0 Å². The largest absolute Gasteiger partial charge is 0.326 e. The Bertz CT molecular complexity index is 1080. The molecule has 0 aromatic heterocycles. The summed E-state index contributed by atoms with van der Waals surface area (Å²) in [5.41, 5.74) is 2.33. The van der Waals surface area contributed by atoms with Gasteiger partial charge in [-0.25, -0.2) is 8.42 Å². The van der Waals surface area contributed by atoms with Gasteiger partial charge in [0.2, 0.25) is 5.91 Å². The summed E-state index contributed by atoms with van der Waals surface area (Å²) in [6, 6.07) is 13.9. The monoisotopic (exact) mass is 491 g/mol. The Kier molecular flexibility index (Phi) is 6.92. The Balaban J connectivity index is 1.39. The maximum Gasteiger partial charge on any atom is 0.228 e. The van der Waals surface area contributed by atoms with Crippen LogP contribution in [0.2, 0.25) is 0 Å². The van der Waals surface area contributed by atoms with E-state index >= 15 is 0 Å². The molecule has 33 heavy (non-hydrogen) atoms. The van der Waals surface area contributed by atoms with E-state index in [1.807, 2.05) is 24.3 Å². The molecule has 4 rings (SSSR count). The van der Waals surface area contributed by atoms with Gasteiger partial charge in [0, 0.05) is 10.9 Å². The fourth-order valence-electron chi connectivity index (χ4n) is 4.82. The molecule has 1 amide bonds. The lowest BCUT2D eigenvalue weighted by atomic mass is 10.0. The van der Waals surface area contributed by atoms with Crippen LogP contribution < -0.4 is 5.32 Å². The third-order valence-electron chi connectivity index (χ3n) is 7.02. The number of nitrogens with one attached hydrogen (secondary N) is 1. The molecule has 0 bridgehead atoms. The molecular formula is C25H33NO5S2. The van der Waals surface area contributed by atoms with Gasteiger partial charge in [0.05, 0.1) is 21.8 Å². The van der Waals surface area contributed by atoms with Gasteiger partial charge in [-0.2, -0.15) is 10.6 Å². The lowest BCUT2D eigenvalue weighted by molar-refractivity contribution is -0.115. The molecule has 2 fully saturated rings. The molecule has 0 atom stereocenters. The Morgan fingerprint density at radius 1 is 0.970 bits per heavy atom. The van der Waals surface area contributed by atoms with Crippen LogP contribution in [0, 0.1) is 0 Å². The zero-order valence-corrected chi connectivity index (χ0v) is 20.6. The van der Waals surface area contributed by atoms with E-state index in [4.69, 9.17) is 0 Å². The summed E-state index contributed by atoms with van der Waals surface area (Å²) in [7, 11) is -5.98. The Morgan fingerprint density at radius 3 is 2.12 bits per heavy atom. The average molecular weight is 492 g/mol. The highest BCUT2D eigenvalue weighted by atomic mass is 32.3. The SMILES string of the molecule is CCS(=O)(=O)c1ccc(CC(=O)Nc2ccc(C3(S(O)(O)C4CCCCC4)CC3)cc2)cc1. The molecule has 0 spiro atoms. The fraction of sp³-hybridized carbons (Fsp3) is 0.480. The van der Waals surface area contributed by atoms with Crippen LogP contribution in [-0.4, -0.2) is 34.4 Å². The summed E-state index contributed by atoms with van der Waals surface area (Å²) in [6.45, 7) is 1.60. The van der Waals surface area contributed by atoms with E-state index in [1.54, 1.807) is 19.1 Å². The molecule has 0 heterocycles. The Hall–Kier alpha value is -1.87. The number of sulfone groups is 1. The van der Waals surface area contributed by atoms with Crippen LogP contribution >= 0.6 is 10.6 Å². The van der Waals surface area contributed by atoms with Crippen molar-refractivity contribution in [3.8, 4) is 0 Å². The number of carbonyl (C=O) groups excluding carboxylic acids is 1. The van der Waals surface area contributed by atoms with E-state index in [2.05, 4.69) is 5.32 Å².